The molecular formula is C18H18O2. The van der Waals surface area contributed by atoms with Gasteiger partial charge in [-0.05, 0) is 43.2 Å². The van der Waals surface area contributed by atoms with Crippen molar-refractivity contribution in [3.05, 3.63) is 71.0 Å². The Morgan fingerprint density at radius 3 is 2.65 bits per heavy atom. The summed E-state index contributed by atoms with van der Waals surface area (Å²) >= 11 is 0. The monoisotopic (exact) mass is 266 g/mol. The number of hydrogen-bond donors (Lipinski definition) is 1. The summed E-state index contributed by atoms with van der Waals surface area (Å²) in [5.41, 5.74) is 4.36. The topological polar surface area (TPSA) is 33.4 Å². The van der Waals surface area contributed by atoms with Crippen LogP contribution in [0.1, 0.15) is 28.6 Å². The Balaban J connectivity index is 1.89. The molecule has 0 aliphatic heterocycles. The van der Waals surface area contributed by atoms with Gasteiger partial charge in [0, 0.05) is 11.8 Å². The lowest BCUT2D eigenvalue weighted by atomic mass is 10.0. The molecule has 2 nitrogen and oxygen atoms in total. The van der Waals surface area contributed by atoms with Gasteiger partial charge in [-0.1, -0.05) is 35.9 Å². The van der Waals surface area contributed by atoms with Crippen LogP contribution in [-0.4, -0.2) is 5.11 Å². The van der Waals surface area contributed by atoms with Crippen molar-refractivity contribution in [2.75, 3.05) is 0 Å². The average Bonchev–Trinajstić information content (AvgIpc) is 2.84. The van der Waals surface area contributed by atoms with E-state index in [-0.39, 0.29) is 0 Å². The van der Waals surface area contributed by atoms with Crippen LogP contribution in [0.2, 0.25) is 0 Å². The molecule has 3 aromatic rings. The number of aliphatic hydroxyl groups excluding tert-OH is 1. The highest BCUT2D eigenvalue weighted by molar-refractivity contribution is 5.78. The first kappa shape index (κ1) is 12.9. The van der Waals surface area contributed by atoms with Gasteiger partial charge in [-0.15, -0.1) is 0 Å². The second-order valence-corrected chi connectivity index (χ2v) is 5.34. The van der Waals surface area contributed by atoms with E-state index in [1.165, 1.54) is 11.1 Å². The van der Waals surface area contributed by atoms with E-state index in [0.717, 1.165) is 16.5 Å². The van der Waals surface area contributed by atoms with Crippen molar-refractivity contribution in [1.29, 1.82) is 0 Å². The van der Waals surface area contributed by atoms with Crippen molar-refractivity contribution in [3.8, 4) is 0 Å². The second kappa shape index (κ2) is 5.14. The Morgan fingerprint density at radius 1 is 1.05 bits per heavy atom. The number of aryl methyl sites for hydroxylation is 2. The summed E-state index contributed by atoms with van der Waals surface area (Å²) in [6.45, 7) is 4.11. The van der Waals surface area contributed by atoms with Crippen LogP contribution in [-0.2, 0) is 6.42 Å². The molecule has 0 saturated heterocycles. The van der Waals surface area contributed by atoms with E-state index in [2.05, 4.69) is 26.0 Å². The zero-order chi connectivity index (χ0) is 14.1. The summed E-state index contributed by atoms with van der Waals surface area (Å²) in [4.78, 5) is 0. The number of fused-ring (bicyclic) bond motifs is 1. The first-order valence-corrected chi connectivity index (χ1v) is 6.86. The molecule has 102 valence electrons. The minimum absolute atomic E-state index is 0.575. The third-order valence-corrected chi connectivity index (χ3v) is 3.69. The first-order valence-electron chi connectivity index (χ1n) is 6.86. The minimum Gasteiger partial charge on any atom is -0.458 e. The van der Waals surface area contributed by atoms with Crippen molar-refractivity contribution in [3.63, 3.8) is 0 Å². The molecule has 2 aromatic carbocycles. The van der Waals surface area contributed by atoms with Gasteiger partial charge in [-0.2, -0.15) is 0 Å². The molecule has 1 N–H and O–H groups in total. The third-order valence-electron chi connectivity index (χ3n) is 3.69. The Hall–Kier alpha value is -2.06. The summed E-state index contributed by atoms with van der Waals surface area (Å²) in [6.07, 6.45) is -0.0327. The highest BCUT2D eigenvalue weighted by atomic mass is 16.4. The minimum atomic E-state index is -0.608. The normalized spacial score (nSPS) is 12.8. The van der Waals surface area contributed by atoms with Crippen LogP contribution in [0.5, 0.6) is 0 Å². The maximum absolute atomic E-state index is 10.4. The Labute approximate surface area is 118 Å². The fraction of sp³-hybridized carbons (Fsp3) is 0.222. The molecular weight excluding hydrogens is 248 g/mol. The van der Waals surface area contributed by atoms with E-state index < -0.39 is 6.10 Å². The van der Waals surface area contributed by atoms with Crippen LogP contribution in [0, 0.1) is 13.8 Å². The molecule has 0 saturated carbocycles. The Morgan fingerprint density at radius 2 is 1.85 bits per heavy atom. The molecule has 20 heavy (non-hydrogen) atoms. The maximum atomic E-state index is 10.4. The van der Waals surface area contributed by atoms with Crippen LogP contribution in [0.4, 0.5) is 0 Å². The molecule has 0 radical (unpaired) electrons. The molecule has 1 aromatic heterocycles. The smallest absolute Gasteiger partial charge is 0.134 e. The van der Waals surface area contributed by atoms with E-state index in [1.807, 2.05) is 36.4 Å². The molecule has 1 heterocycles. The van der Waals surface area contributed by atoms with Gasteiger partial charge in [0.15, 0.2) is 0 Å². The number of rotatable bonds is 3. The molecule has 0 aliphatic carbocycles. The molecule has 3 rings (SSSR count). The summed E-state index contributed by atoms with van der Waals surface area (Å²) < 4.78 is 5.75. The number of aliphatic hydroxyl groups is 1. The lowest BCUT2D eigenvalue weighted by Gasteiger charge is -2.09. The van der Waals surface area contributed by atoms with Crippen molar-refractivity contribution >= 4 is 11.0 Å². The summed E-state index contributed by atoms with van der Waals surface area (Å²) in [5, 5.41) is 11.4. The highest BCUT2D eigenvalue weighted by Crippen LogP contribution is 2.27. The van der Waals surface area contributed by atoms with Crippen LogP contribution >= 0.6 is 0 Å². The van der Waals surface area contributed by atoms with Crippen LogP contribution in [0.3, 0.4) is 0 Å². The van der Waals surface area contributed by atoms with Gasteiger partial charge >= 0.3 is 0 Å². The van der Waals surface area contributed by atoms with Gasteiger partial charge in [0.1, 0.15) is 17.4 Å². The van der Waals surface area contributed by atoms with Gasteiger partial charge in [0.25, 0.3) is 0 Å². The molecule has 1 unspecified atom stereocenters. The van der Waals surface area contributed by atoms with Gasteiger partial charge in [-0.25, -0.2) is 0 Å². The van der Waals surface area contributed by atoms with Crippen LogP contribution in [0.15, 0.2) is 52.9 Å². The van der Waals surface area contributed by atoms with E-state index in [1.54, 1.807) is 0 Å². The van der Waals surface area contributed by atoms with Crippen molar-refractivity contribution < 1.29 is 9.52 Å². The second-order valence-electron chi connectivity index (χ2n) is 5.34. The fourth-order valence-electron chi connectivity index (χ4n) is 2.50. The molecule has 2 heteroatoms. The molecule has 1 atom stereocenters. The maximum Gasteiger partial charge on any atom is 0.134 e. The predicted octanol–water partition coefficient (Wildman–Crippen LogP) is 4.33. The molecule has 0 bridgehead atoms. The van der Waals surface area contributed by atoms with Crippen molar-refractivity contribution in [2.24, 2.45) is 0 Å². The predicted molar refractivity (Wildman–Crippen MR) is 80.8 cm³/mol. The Bertz CT molecular complexity index is 740. The van der Waals surface area contributed by atoms with Crippen LogP contribution < -0.4 is 0 Å². The van der Waals surface area contributed by atoms with Gasteiger partial charge in [0.2, 0.25) is 0 Å². The number of hydrogen-bond acceptors (Lipinski definition) is 2. The lowest BCUT2D eigenvalue weighted by molar-refractivity contribution is 0.152. The van der Waals surface area contributed by atoms with Crippen LogP contribution in [0.25, 0.3) is 11.0 Å². The fourth-order valence-corrected chi connectivity index (χ4v) is 2.50. The van der Waals surface area contributed by atoms with E-state index in [4.69, 9.17) is 4.42 Å². The quantitative estimate of drug-likeness (QED) is 0.765. The van der Waals surface area contributed by atoms with Gasteiger partial charge < -0.3 is 9.52 Å². The zero-order valence-corrected chi connectivity index (χ0v) is 11.8. The SMILES string of the molecule is Cc1ccc2oc(C(O)Cc3ccccc3C)cc2c1. The molecule has 0 fully saturated rings. The highest BCUT2D eigenvalue weighted by Gasteiger charge is 2.15. The summed E-state index contributed by atoms with van der Waals surface area (Å²) in [6, 6.07) is 16.1. The van der Waals surface area contributed by atoms with E-state index in [9.17, 15) is 5.11 Å². The molecule has 0 aliphatic rings. The zero-order valence-electron chi connectivity index (χ0n) is 11.8. The standard InChI is InChI=1S/C18H18O2/c1-12-7-8-17-15(9-12)11-18(20-17)16(19)10-14-6-4-3-5-13(14)2/h3-9,11,16,19H,10H2,1-2H3. The van der Waals surface area contributed by atoms with E-state index in [0.29, 0.717) is 12.2 Å². The number of furan rings is 1. The molecule has 0 spiro atoms. The first-order chi connectivity index (χ1) is 9.63. The lowest BCUT2D eigenvalue weighted by Crippen LogP contribution is -2.01. The van der Waals surface area contributed by atoms with Crippen molar-refractivity contribution in [1.82, 2.24) is 0 Å². The number of benzene rings is 2. The Kier molecular flexibility index (Phi) is 3.33. The van der Waals surface area contributed by atoms with Crippen molar-refractivity contribution in [2.45, 2.75) is 26.4 Å². The van der Waals surface area contributed by atoms with Gasteiger partial charge in [0.05, 0.1) is 0 Å². The largest absolute Gasteiger partial charge is 0.458 e. The summed E-state index contributed by atoms with van der Waals surface area (Å²) in [5.74, 6) is 0.633. The third kappa shape index (κ3) is 2.47. The van der Waals surface area contributed by atoms with Gasteiger partial charge in [-0.3, -0.25) is 0 Å². The summed E-state index contributed by atoms with van der Waals surface area (Å²) in [7, 11) is 0. The molecule has 0 amide bonds. The average molecular weight is 266 g/mol. The van der Waals surface area contributed by atoms with E-state index >= 15 is 0 Å².